The van der Waals surface area contributed by atoms with Crippen molar-refractivity contribution in [2.24, 2.45) is 0 Å². The number of amides is 1. The van der Waals surface area contributed by atoms with E-state index in [4.69, 9.17) is 0 Å². The molecule has 2 atom stereocenters. The zero-order valence-corrected chi connectivity index (χ0v) is 13.6. The summed E-state index contributed by atoms with van der Waals surface area (Å²) in [4.78, 5) is 13.9. The molecule has 0 radical (unpaired) electrons. The van der Waals surface area contributed by atoms with Gasteiger partial charge in [-0.3, -0.25) is 4.79 Å². The first kappa shape index (κ1) is 15.8. The van der Waals surface area contributed by atoms with Crippen LogP contribution in [0.5, 0.6) is 0 Å². The van der Waals surface area contributed by atoms with Crippen LogP contribution in [-0.2, 0) is 11.3 Å². The van der Waals surface area contributed by atoms with Gasteiger partial charge < -0.3 is 10.2 Å². The number of rotatable bonds is 4. The lowest BCUT2D eigenvalue weighted by molar-refractivity contribution is -0.130. The Hall–Kier alpha value is -2.13. The fourth-order valence-corrected chi connectivity index (χ4v) is 3.33. The Morgan fingerprint density at radius 2 is 1.70 bits per heavy atom. The van der Waals surface area contributed by atoms with E-state index in [-0.39, 0.29) is 5.91 Å². The van der Waals surface area contributed by atoms with Crippen LogP contribution in [-0.4, -0.2) is 29.9 Å². The first-order chi connectivity index (χ1) is 11.2. The molecule has 2 aromatic rings. The van der Waals surface area contributed by atoms with Crippen LogP contribution in [0.15, 0.2) is 60.7 Å². The van der Waals surface area contributed by atoms with Crippen LogP contribution < -0.4 is 5.32 Å². The zero-order chi connectivity index (χ0) is 16.1. The molecule has 0 bridgehead atoms. The molecule has 1 amide bonds. The molecule has 0 saturated carbocycles. The lowest BCUT2D eigenvalue weighted by atomic mass is 9.88. The largest absolute Gasteiger partial charge is 0.341 e. The number of carbonyl (C=O) groups is 1. The Morgan fingerprint density at radius 1 is 1.04 bits per heavy atom. The highest BCUT2D eigenvalue weighted by Crippen LogP contribution is 2.27. The average molecular weight is 308 g/mol. The molecule has 2 unspecified atom stereocenters. The Kier molecular flexibility index (Phi) is 5.09. The lowest BCUT2D eigenvalue weighted by Crippen LogP contribution is -2.49. The van der Waals surface area contributed by atoms with Gasteiger partial charge in [-0.1, -0.05) is 60.7 Å². The predicted octanol–water partition coefficient (Wildman–Crippen LogP) is 3.18. The fraction of sp³-hybridized carbons (Fsp3) is 0.350. The summed E-state index contributed by atoms with van der Waals surface area (Å²) in [5, 5.41) is 3.63. The number of carbonyl (C=O) groups excluding carboxylic acids is 1. The van der Waals surface area contributed by atoms with Crippen LogP contribution in [0.3, 0.4) is 0 Å². The van der Waals surface area contributed by atoms with E-state index in [9.17, 15) is 4.79 Å². The van der Waals surface area contributed by atoms with Crippen LogP contribution in [0, 0.1) is 0 Å². The molecule has 3 nitrogen and oxygen atoms in total. The second kappa shape index (κ2) is 7.42. The summed E-state index contributed by atoms with van der Waals surface area (Å²) in [7, 11) is 0. The molecule has 3 heteroatoms. The number of nitrogens with one attached hydrogen (secondary N) is 1. The van der Waals surface area contributed by atoms with Crippen molar-refractivity contribution in [3.63, 3.8) is 0 Å². The molecule has 1 saturated heterocycles. The Bertz CT molecular complexity index is 627. The van der Waals surface area contributed by atoms with E-state index in [1.165, 1.54) is 11.1 Å². The highest BCUT2D eigenvalue weighted by molar-refractivity contribution is 5.73. The second-order valence-corrected chi connectivity index (χ2v) is 6.33. The number of hydrogen-bond donors (Lipinski definition) is 1. The van der Waals surface area contributed by atoms with E-state index in [1.807, 2.05) is 17.0 Å². The summed E-state index contributed by atoms with van der Waals surface area (Å²) in [5.41, 5.74) is 2.61. The minimum Gasteiger partial charge on any atom is -0.341 e. The van der Waals surface area contributed by atoms with Crippen molar-refractivity contribution in [2.45, 2.75) is 31.8 Å². The lowest BCUT2D eigenvalue weighted by Gasteiger charge is -2.38. The van der Waals surface area contributed by atoms with Gasteiger partial charge in [0.15, 0.2) is 0 Å². The summed E-state index contributed by atoms with van der Waals surface area (Å²) >= 11 is 0. The first-order valence-electron chi connectivity index (χ1n) is 8.30. The summed E-state index contributed by atoms with van der Waals surface area (Å²) in [6.45, 7) is 4.13. The van der Waals surface area contributed by atoms with Gasteiger partial charge in [-0.25, -0.2) is 0 Å². The van der Waals surface area contributed by atoms with Gasteiger partial charge in [-0.2, -0.15) is 0 Å². The third-order valence-corrected chi connectivity index (χ3v) is 4.60. The monoisotopic (exact) mass is 308 g/mol. The zero-order valence-electron chi connectivity index (χ0n) is 13.6. The van der Waals surface area contributed by atoms with E-state index in [0.717, 1.165) is 26.1 Å². The van der Waals surface area contributed by atoms with Crippen molar-refractivity contribution in [1.82, 2.24) is 10.2 Å². The van der Waals surface area contributed by atoms with Gasteiger partial charge in [0, 0.05) is 38.5 Å². The molecule has 0 aromatic heterocycles. The molecule has 0 aliphatic carbocycles. The maximum absolute atomic E-state index is 11.9. The Morgan fingerprint density at radius 3 is 2.35 bits per heavy atom. The standard InChI is InChI=1S/C20H24N2O/c1-16(23)22-14-19(18-10-6-3-7-11-18)12-20(15-22)21-13-17-8-4-2-5-9-17/h2-11,19-21H,12-15H2,1H3. The fourth-order valence-electron chi connectivity index (χ4n) is 3.33. The van der Waals surface area contributed by atoms with Crippen LogP contribution in [0.4, 0.5) is 0 Å². The molecular weight excluding hydrogens is 284 g/mol. The summed E-state index contributed by atoms with van der Waals surface area (Å²) < 4.78 is 0. The molecular formula is C20H24N2O. The van der Waals surface area contributed by atoms with Crippen molar-refractivity contribution in [3.05, 3.63) is 71.8 Å². The van der Waals surface area contributed by atoms with E-state index < -0.39 is 0 Å². The van der Waals surface area contributed by atoms with Crippen molar-refractivity contribution in [3.8, 4) is 0 Å². The van der Waals surface area contributed by atoms with Gasteiger partial charge in [0.2, 0.25) is 5.91 Å². The molecule has 1 N–H and O–H groups in total. The van der Waals surface area contributed by atoms with Crippen molar-refractivity contribution >= 4 is 5.91 Å². The smallest absolute Gasteiger partial charge is 0.219 e. The minimum absolute atomic E-state index is 0.164. The van der Waals surface area contributed by atoms with E-state index in [2.05, 4.69) is 53.8 Å². The van der Waals surface area contributed by atoms with E-state index in [0.29, 0.717) is 12.0 Å². The molecule has 120 valence electrons. The average Bonchev–Trinajstić information content (AvgIpc) is 2.61. The molecule has 0 spiro atoms. The van der Waals surface area contributed by atoms with Crippen molar-refractivity contribution in [1.29, 1.82) is 0 Å². The van der Waals surface area contributed by atoms with Crippen molar-refractivity contribution in [2.75, 3.05) is 13.1 Å². The van der Waals surface area contributed by atoms with Gasteiger partial charge in [0.05, 0.1) is 0 Å². The highest BCUT2D eigenvalue weighted by atomic mass is 16.2. The highest BCUT2D eigenvalue weighted by Gasteiger charge is 2.29. The Labute approximate surface area is 138 Å². The molecule has 1 heterocycles. The molecule has 1 fully saturated rings. The van der Waals surface area contributed by atoms with E-state index in [1.54, 1.807) is 6.92 Å². The first-order valence-corrected chi connectivity index (χ1v) is 8.30. The molecule has 23 heavy (non-hydrogen) atoms. The topological polar surface area (TPSA) is 32.3 Å². The summed E-state index contributed by atoms with van der Waals surface area (Å²) in [5.74, 6) is 0.569. The van der Waals surface area contributed by atoms with Gasteiger partial charge in [-0.05, 0) is 17.5 Å². The maximum atomic E-state index is 11.9. The van der Waals surface area contributed by atoms with Crippen LogP contribution >= 0.6 is 0 Å². The second-order valence-electron chi connectivity index (χ2n) is 6.33. The normalized spacial score (nSPS) is 21.2. The van der Waals surface area contributed by atoms with Crippen LogP contribution in [0.1, 0.15) is 30.4 Å². The van der Waals surface area contributed by atoms with Gasteiger partial charge >= 0.3 is 0 Å². The predicted molar refractivity (Wildman–Crippen MR) is 93.1 cm³/mol. The Balaban J connectivity index is 1.68. The third-order valence-electron chi connectivity index (χ3n) is 4.60. The number of likely N-dealkylation sites (tertiary alicyclic amines) is 1. The minimum atomic E-state index is 0.164. The number of nitrogens with zero attached hydrogens (tertiary/aromatic N) is 1. The quantitative estimate of drug-likeness (QED) is 0.941. The molecule has 3 rings (SSSR count). The number of piperidine rings is 1. The van der Waals surface area contributed by atoms with Crippen molar-refractivity contribution < 1.29 is 4.79 Å². The van der Waals surface area contributed by atoms with Crippen LogP contribution in [0.25, 0.3) is 0 Å². The van der Waals surface area contributed by atoms with Gasteiger partial charge in [0.1, 0.15) is 0 Å². The summed E-state index contributed by atoms with van der Waals surface area (Å²) in [6, 6.07) is 21.3. The molecule has 2 aromatic carbocycles. The maximum Gasteiger partial charge on any atom is 0.219 e. The van der Waals surface area contributed by atoms with Crippen LogP contribution in [0.2, 0.25) is 0 Å². The summed E-state index contributed by atoms with van der Waals surface area (Å²) in [6.07, 6.45) is 1.07. The molecule has 1 aliphatic heterocycles. The molecule has 1 aliphatic rings. The SMILES string of the molecule is CC(=O)N1CC(NCc2ccccc2)CC(c2ccccc2)C1. The number of hydrogen-bond acceptors (Lipinski definition) is 2. The van der Waals surface area contributed by atoms with Gasteiger partial charge in [-0.15, -0.1) is 0 Å². The number of benzene rings is 2. The third kappa shape index (κ3) is 4.20. The van der Waals surface area contributed by atoms with E-state index >= 15 is 0 Å². The van der Waals surface area contributed by atoms with Gasteiger partial charge in [0.25, 0.3) is 0 Å².